The van der Waals surface area contributed by atoms with Gasteiger partial charge in [0, 0.05) is 5.92 Å². The van der Waals surface area contributed by atoms with E-state index in [1.807, 2.05) is 0 Å². The van der Waals surface area contributed by atoms with Crippen molar-refractivity contribution in [2.45, 2.75) is 109 Å². The number of unbranched alkanes of at least 4 members (excludes halogenated alkanes) is 1. The molecule has 1 aliphatic rings. The second-order valence-corrected chi connectivity index (χ2v) is 22.6. The molecule has 0 aromatic heterocycles. The van der Waals surface area contributed by atoms with Crippen LogP contribution in [0.3, 0.4) is 0 Å². The molecule has 0 spiro atoms. The summed E-state index contributed by atoms with van der Waals surface area (Å²) in [5.41, 5.74) is -1.80. The molecule has 0 N–H and O–H groups in total. The van der Waals surface area contributed by atoms with E-state index >= 15 is 0 Å². The van der Waals surface area contributed by atoms with Crippen LogP contribution in [0.25, 0.3) is 0 Å². The van der Waals surface area contributed by atoms with Crippen molar-refractivity contribution in [2.75, 3.05) is 20.4 Å². The van der Waals surface area contributed by atoms with Gasteiger partial charge in [0.25, 0.3) is 0 Å². The van der Waals surface area contributed by atoms with Crippen LogP contribution < -0.4 is 0 Å². The van der Waals surface area contributed by atoms with Crippen molar-refractivity contribution in [3.05, 3.63) is 24.8 Å². The normalized spacial score (nSPS) is 25.0. The second-order valence-electron chi connectivity index (χ2n) is 13.1. The molecule has 0 heterocycles. The van der Waals surface area contributed by atoms with E-state index in [-0.39, 0.29) is 22.6 Å². The van der Waals surface area contributed by atoms with Gasteiger partial charge >= 0.3 is 11.9 Å². The molecule has 4 atom stereocenters. The van der Waals surface area contributed by atoms with Crippen LogP contribution in [0.15, 0.2) is 24.8 Å². The van der Waals surface area contributed by atoms with Crippen LogP contribution in [0.5, 0.6) is 0 Å². The van der Waals surface area contributed by atoms with Gasteiger partial charge in [-0.2, -0.15) is 0 Å². The summed E-state index contributed by atoms with van der Waals surface area (Å²) < 4.78 is 37.7. The van der Waals surface area contributed by atoms with Crippen molar-refractivity contribution in [1.29, 1.82) is 0 Å². The van der Waals surface area contributed by atoms with Gasteiger partial charge in [-0.05, 0) is 49.1 Å². The van der Waals surface area contributed by atoms with Crippen LogP contribution >= 0.6 is 0 Å². The fraction of sp³-hybridized carbons (Fsp3) is 0.786. The lowest BCUT2D eigenvalue weighted by Crippen LogP contribution is -2.62. The number of hydrogen-bond acceptors (Lipinski definition) is 6. The van der Waals surface area contributed by atoms with Crippen molar-refractivity contribution in [1.82, 2.24) is 0 Å². The topological polar surface area (TPSA) is 71.1 Å². The zero-order valence-electron chi connectivity index (χ0n) is 25.0. The molecule has 0 fully saturated rings. The zero-order chi connectivity index (χ0) is 28.9. The number of carbonyl (C=O) groups excluding carboxylic acids is 2. The van der Waals surface area contributed by atoms with Gasteiger partial charge in [-0.1, -0.05) is 72.8 Å². The van der Waals surface area contributed by atoms with Gasteiger partial charge in [-0.3, -0.25) is 14.0 Å². The SMILES string of the molecule is C=CCOC(=O)[C@@]1(C(=O)OC)C=C[C@@H](O[Si](C)(C)C(C)(C)C)[C@H](CCCCF)[C@@H]1O[Si](C)(C)C(C)(C)C. The van der Waals surface area contributed by atoms with Crippen molar-refractivity contribution in [2.24, 2.45) is 11.3 Å². The first-order chi connectivity index (χ1) is 16.8. The molecule has 0 bridgehead atoms. The van der Waals surface area contributed by atoms with E-state index in [0.717, 1.165) is 0 Å². The largest absolute Gasteiger partial charge is 0.468 e. The fourth-order valence-corrected chi connectivity index (χ4v) is 6.61. The maximum Gasteiger partial charge on any atom is 0.330 e. The quantitative estimate of drug-likeness (QED) is 0.0846. The highest BCUT2D eigenvalue weighted by molar-refractivity contribution is 6.74. The molecule has 9 heteroatoms. The predicted octanol–water partition coefficient (Wildman–Crippen LogP) is 6.98. The summed E-state index contributed by atoms with van der Waals surface area (Å²) in [5.74, 6) is -1.85. The number of hydrogen-bond donors (Lipinski definition) is 0. The maximum atomic E-state index is 13.7. The smallest absolute Gasteiger partial charge is 0.330 e. The Bertz CT molecular complexity index is 828. The van der Waals surface area contributed by atoms with Crippen LogP contribution in [0.4, 0.5) is 4.39 Å². The number of esters is 2. The third kappa shape index (κ3) is 7.64. The highest BCUT2D eigenvalue weighted by atomic mass is 28.4. The molecule has 0 unspecified atom stereocenters. The van der Waals surface area contributed by atoms with E-state index in [4.69, 9.17) is 18.3 Å². The lowest BCUT2D eigenvalue weighted by atomic mass is 9.68. The third-order valence-corrected chi connectivity index (χ3v) is 17.3. The van der Waals surface area contributed by atoms with Gasteiger partial charge < -0.3 is 18.3 Å². The molecular weight excluding hydrogens is 507 g/mol. The Morgan fingerprint density at radius 1 is 0.973 bits per heavy atom. The average Bonchev–Trinajstić information content (AvgIpc) is 2.77. The number of carbonyl (C=O) groups is 2. The number of rotatable bonds is 12. The standard InChI is InChI=1S/C28H51FO6Si2/c1-13-20-33-25(31)28(24(30)32-8)18-17-22(34-36(9,10)26(2,3)4)21(16-14-15-19-29)23(28)35-37(11,12)27(5,6)7/h13,17-18,21-23H,1,14-16,19-20H2,2-12H3/t21-,22+,23-,28-/m0/s1. The lowest BCUT2D eigenvalue weighted by Gasteiger charge is -2.51. The Kier molecular flexibility index (Phi) is 11.6. The molecule has 1 aliphatic carbocycles. The third-order valence-electron chi connectivity index (χ3n) is 8.39. The van der Waals surface area contributed by atoms with Crippen LogP contribution in [0, 0.1) is 11.3 Å². The molecule has 0 amide bonds. The van der Waals surface area contributed by atoms with Crippen molar-refractivity contribution < 1.29 is 32.3 Å². The summed E-state index contributed by atoms with van der Waals surface area (Å²) in [7, 11) is -3.51. The Hall–Kier alpha value is -1.30. The molecule has 0 saturated heterocycles. The predicted molar refractivity (Wildman–Crippen MR) is 152 cm³/mol. The summed E-state index contributed by atoms with van der Waals surface area (Å²) in [4.78, 5) is 27.2. The molecule has 0 aromatic rings. The minimum Gasteiger partial charge on any atom is -0.468 e. The number of methoxy groups -OCH3 is 1. The van der Waals surface area contributed by atoms with E-state index in [1.54, 1.807) is 12.2 Å². The summed E-state index contributed by atoms with van der Waals surface area (Å²) in [6.45, 7) is 24.5. The van der Waals surface area contributed by atoms with Crippen LogP contribution in [0.1, 0.15) is 60.8 Å². The van der Waals surface area contributed by atoms with E-state index < -0.39 is 52.9 Å². The maximum absolute atomic E-state index is 13.7. The van der Waals surface area contributed by atoms with E-state index in [0.29, 0.717) is 19.3 Å². The van der Waals surface area contributed by atoms with Gasteiger partial charge in [-0.15, -0.1) is 0 Å². The zero-order valence-corrected chi connectivity index (χ0v) is 27.0. The van der Waals surface area contributed by atoms with E-state index in [1.165, 1.54) is 13.2 Å². The van der Waals surface area contributed by atoms with Gasteiger partial charge in [0.2, 0.25) is 5.41 Å². The van der Waals surface area contributed by atoms with Gasteiger partial charge in [-0.25, -0.2) is 0 Å². The number of ether oxygens (including phenoxy) is 2. The molecule has 0 radical (unpaired) electrons. The molecule has 0 aliphatic heterocycles. The summed E-state index contributed by atoms with van der Waals surface area (Å²) >= 11 is 0. The molecule has 214 valence electrons. The minimum absolute atomic E-state index is 0.0470. The average molecular weight is 559 g/mol. The van der Waals surface area contributed by atoms with Gasteiger partial charge in [0.15, 0.2) is 16.6 Å². The van der Waals surface area contributed by atoms with Crippen molar-refractivity contribution >= 4 is 28.6 Å². The molecule has 1 rings (SSSR count). The van der Waals surface area contributed by atoms with Crippen LogP contribution in [-0.2, 0) is 27.9 Å². The first-order valence-corrected chi connectivity index (χ1v) is 19.1. The highest BCUT2D eigenvalue weighted by Gasteiger charge is 2.61. The monoisotopic (exact) mass is 558 g/mol. The molecular formula is C28H51FO6Si2. The van der Waals surface area contributed by atoms with E-state index in [2.05, 4.69) is 74.3 Å². The molecule has 6 nitrogen and oxygen atoms in total. The summed E-state index contributed by atoms with van der Waals surface area (Å²) in [5, 5.41) is -0.250. The summed E-state index contributed by atoms with van der Waals surface area (Å²) in [6, 6.07) is 0. The van der Waals surface area contributed by atoms with Gasteiger partial charge in [0.05, 0.1) is 26.0 Å². The Morgan fingerprint density at radius 2 is 1.51 bits per heavy atom. The van der Waals surface area contributed by atoms with Crippen molar-refractivity contribution in [3.8, 4) is 0 Å². The molecule has 0 aromatic carbocycles. The Balaban J connectivity index is 3.86. The minimum atomic E-state index is -2.52. The van der Waals surface area contributed by atoms with Gasteiger partial charge in [0.1, 0.15) is 6.61 Å². The van der Waals surface area contributed by atoms with Crippen LogP contribution in [-0.4, -0.2) is 61.2 Å². The number of halogens is 1. The lowest BCUT2D eigenvalue weighted by molar-refractivity contribution is -0.178. The Labute approximate surface area is 226 Å². The molecule has 0 saturated carbocycles. The summed E-state index contributed by atoms with van der Waals surface area (Å²) in [6.07, 6.45) is 5.03. The Morgan fingerprint density at radius 3 is 1.97 bits per heavy atom. The fourth-order valence-electron chi connectivity index (χ4n) is 3.98. The van der Waals surface area contributed by atoms with Crippen LogP contribution in [0.2, 0.25) is 36.3 Å². The highest BCUT2D eigenvalue weighted by Crippen LogP contribution is 2.49. The van der Waals surface area contributed by atoms with E-state index in [9.17, 15) is 14.0 Å². The number of alkyl halides is 1. The first kappa shape index (κ1) is 33.7. The first-order valence-electron chi connectivity index (χ1n) is 13.3. The molecule has 37 heavy (non-hydrogen) atoms. The van der Waals surface area contributed by atoms with Crippen molar-refractivity contribution in [3.63, 3.8) is 0 Å². The second kappa shape index (κ2) is 12.7.